The number of hydrogen-bond donors (Lipinski definition) is 1. The van der Waals surface area contributed by atoms with Crippen molar-refractivity contribution in [3.63, 3.8) is 0 Å². The first kappa shape index (κ1) is 12.6. The minimum atomic E-state index is -1.00. The normalized spacial score (nSPS) is 19.8. The summed E-state index contributed by atoms with van der Waals surface area (Å²) in [5, 5.41) is 23.4. The first-order valence-corrected chi connectivity index (χ1v) is 5.73. The Morgan fingerprint density at radius 1 is 1.67 bits per heavy atom. The lowest BCUT2D eigenvalue weighted by Gasteiger charge is -2.30. The maximum absolute atomic E-state index is 10.9. The first-order chi connectivity index (χ1) is 8.50. The highest BCUT2D eigenvalue weighted by atomic mass is 35.5. The molecule has 1 amide bonds. The van der Waals surface area contributed by atoms with Gasteiger partial charge in [0, 0.05) is 13.1 Å². The number of nitro groups is 1. The average Bonchev–Trinajstić information content (AvgIpc) is 2.71. The topological polar surface area (TPSA) is 102 Å². The molecule has 0 radical (unpaired) electrons. The molecule has 1 aliphatic heterocycles. The van der Waals surface area contributed by atoms with Gasteiger partial charge in [-0.25, -0.2) is 9.48 Å². The van der Waals surface area contributed by atoms with E-state index in [1.165, 1.54) is 9.58 Å². The molecule has 1 N–H and O–H groups in total. The van der Waals surface area contributed by atoms with Crippen molar-refractivity contribution in [1.29, 1.82) is 0 Å². The molecule has 1 aromatic heterocycles. The van der Waals surface area contributed by atoms with Crippen molar-refractivity contribution in [2.24, 2.45) is 0 Å². The molecular formula is C9H11ClN4O4. The van der Waals surface area contributed by atoms with Crippen molar-refractivity contribution in [2.45, 2.75) is 18.9 Å². The summed E-state index contributed by atoms with van der Waals surface area (Å²) in [4.78, 5) is 22.2. The van der Waals surface area contributed by atoms with Crippen LogP contribution in [0.25, 0.3) is 0 Å². The molecule has 0 aliphatic carbocycles. The number of piperidine rings is 1. The lowest BCUT2D eigenvalue weighted by Crippen LogP contribution is -2.40. The predicted molar refractivity (Wildman–Crippen MR) is 61.8 cm³/mol. The predicted octanol–water partition coefficient (Wildman–Crippen LogP) is 1.76. The van der Waals surface area contributed by atoms with Gasteiger partial charge in [0.2, 0.25) is 5.15 Å². The fourth-order valence-corrected chi connectivity index (χ4v) is 2.34. The molecule has 98 valence electrons. The molecule has 1 fully saturated rings. The molecule has 0 saturated carbocycles. The van der Waals surface area contributed by atoms with Crippen molar-refractivity contribution in [1.82, 2.24) is 14.7 Å². The molecule has 1 saturated heterocycles. The first-order valence-electron chi connectivity index (χ1n) is 5.36. The van der Waals surface area contributed by atoms with E-state index >= 15 is 0 Å². The van der Waals surface area contributed by atoms with E-state index in [1.54, 1.807) is 0 Å². The Bertz CT molecular complexity index is 489. The summed E-state index contributed by atoms with van der Waals surface area (Å²) in [6.45, 7) is 0.709. The van der Waals surface area contributed by atoms with Crippen LogP contribution < -0.4 is 0 Å². The van der Waals surface area contributed by atoms with Crippen molar-refractivity contribution < 1.29 is 14.8 Å². The zero-order chi connectivity index (χ0) is 13.3. The van der Waals surface area contributed by atoms with E-state index in [0.717, 1.165) is 6.20 Å². The standard InChI is InChI=1S/C9H11ClN4O4/c10-8-7(14(17)18)4-11-13(8)6-2-1-3-12(5-6)9(15)16/h4,6H,1-3,5H2,(H,15,16). The monoisotopic (exact) mass is 274 g/mol. The molecule has 0 spiro atoms. The van der Waals surface area contributed by atoms with E-state index in [4.69, 9.17) is 16.7 Å². The molecule has 1 aromatic rings. The Labute approximate surface area is 107 Å². The van der Waals surface area contributed by atoms with E-state index in [9.17, 15) is 14.9 Å². The Kier molecular flexibility index (Phi) is 3.37. The number of aromatic nitrogens is 2. The van der Waals surface area contributed by atoms with Crippen LogP contribution in [0.3, 0.4) is 0 Å². The van der Waals surface area contributed by atoms with Gasteiger partial charge in [0.05, 0.1) is 11.0 Å². The second-order valence-electron chi connectivity index (χ2n) is 4.05. The maximum Gasteiger partial charge on any atom is 0.407 e. The summed E-state index contributed by atoms with van der Waals surface area (Å²) in [6, 6.07) is -0.254. The Morgan fingerprint density at radius 2 is 2.39 bits per heavy atom. The summed E-state index contributed by atoms with van der Waals surface area (Å²) in [7, 11) is 0. The maximum atomic E-state index is 10.9. The summed E-state index contributed by atoms with van der Waals surface area (Å²) in [5.74, 6) is 0. The molecule has 0 bridgehead atoms. The van der Waals surface area contributed by atoms with E-state index in [1.807, 2.05) is 0 Å². The number of amides is 1. The number of carbonyl (C=O) groups is 1. The third-order valence-corrected chi connectivity index (χ3v) is 3.29. The number of halogens is 1. The average molecular weight is 275 g/mol. The van der Waals surface area contributed by atoms with Crippen LogP contribution in [0.5, 0.6) is 0 Å². The minimum absolute atomic E-state index is 0.0581. The van der Waals surface area contributed by atoms with Crippen LogP contribution in [0.15, 0.2) is 6.20 Å². The molecule has 1 atom stereocenters. The van der Waals surface area contributed by atoms with Gasteiger partial charge in [-0.2, -0.15) is 5.10 Å². The van der Waals surface area contributed by atoms with Crippen molar-refractivity contribution >= 4 is 23.4 Å². The van der Waals surface area contributed by atoms with Gasteiger partial charge in [-0.1, -0.05) is 11.6 Å². The Hall–Kier alpha value is -1.83. The Balaban J connectivity index is 2.21. The molecule has 8 nitrogen and oxygen atoms in total. The summed E-state index contributed by atoms with van der Waals surface area (Å²) in [6.07, 6.45) is 1.46. The highest BCUT2D eigenvalue weighted by Crippen LogP contribution is 2.30. The second kappa shape index (κ2) is 4.81. The van der Waals surface area contributed by atoms with Crippen molar-refractivity contribution in [3.05, 3.63) is 21.5 Å². The molecule has 9 heteroatoms. The zero-order valence-corrected chi connectivity index (χ0v) is 10.1. The smallest absolute Gasteiger partial charge is 0.407 e. The zero-order valence-electron chi connectivity index (χ0n) is 9.32. The van der Waals surface area contributed by atoms with E-state index in [-0.39, 0.29) is 23.4 Å². The summed E-state index contributed by atoms with van der Waals surface area (Å²) < 4.78 is 1.33. The molecule has 1 unspecified atom stereocenters. The van der Waals surface area contributed by atoms with Crippen molar-refractivity contribution in [3.8, 4) is 0 Å². The summed E-state index contributed by atoms with van der Waals surface area (Å²) >= 11 is 5.87. The van der Waals surface area contributed by atoms with Crippen LogP contribution in [-0.2, 0) is 0 Å². The number of hydrogen-bond acceptors (Lipinski definition) is 4. The number of carboxylic acid groups (broad SMARTS) is 1. The van der Waals surface area contributed by atoms with Gasteiger partial charge in [-0.15, -0.1) is 0 Å². The van der Waals surface area contributed by atoms with Gasteiger partial charge in [-0.05, 0) is 12.8 Å². The van der Waals surface area contributed by atoms with Crippen LogP contribution in [0.2, 0.25) is 5.15 Å². The fourth-order valence-electron chi connectivity index (χ4n) is 2.04. The highest BCUT2D eigenvalue weighted by molar-refractivity contribution is 6.31. The van der Waals surface area contributed by atoms with Gasteiger partial charge >= 0.3 is 11.8 Å². The van der Waals surface area contributed by atoms with Crippen LogP contribution in [0, 0.1) is 10.1 Å². The van der Waals surface area contributed by atoms with Crippen LogP contribution >= 0.6 is 11.6 Å². The number of nitrogens with zero attached hydrogens (tertiary/aromatic N) is 4. The van der Waals surface area contributed by atoms with Gasteiger partial charge in [0.15, 0.2) is 0 Å². The molecule has 2 rings (SSSR count). The third-order valence-electron chi connectivity index (χ3n) is 2.93. The quantitative estimate of drug-likeness (QED) is 0.654. The molecule has 18 heavy (non-hydrogen) atoms. The van der Waals surface area contributed by atoms with E-state index < -0.39 is 11.0 Å². The number of likely N-dealkylation sites (tertiary alicyclic amines) is 1. The van der Waals surface area contributed by atoms with E-state index in [2.05, 4.69) is 5.10 Å². The minimum Gasteiger partial charge on any atom is -0.465 e. The molecule has 0 aromatic carbocycles. The van der Waals surface area contributed by atoms with Crippen LogP contribution in [0.1, 0.15) is 18.9 Å². The Morgan fingerprint density at radius 3 is 2.94 bits per heavy atom. The lowest BCUT2D eigenvalue weighted by molar-refractivity contribution is -0.384. The lowest BCUT2D eigenvalue weighted by atomic mass is 10.1. The van der Waals surface area contributed by atoms with Gasteiger partial charge in [-0.3, -0.25) is 10.1 Å². The SMILES string of the molecule is O=C(O)N1CCCC(n2ncc([N+](=O)[O-])c2Cl)C1. The molecule has 1 aliphatic rings. The van der Waals surface area contributed by atoms with Gasteiger partial charge in [0.1, 0.15) is 6.20 Å². The third kappa shape index (κ3) is 2.23. The van der Waals surface area contributed by atoms with Crippen molar-refractivity contribution in [2.75, 3.05) is 13.1 Å². The van der Waals surface area contributed by atoms with Gasteiger partial charge < -0.3 is 10.0 Å². The van der Waals surface area contributed by atoms with E-state index in [0.29, 0.717) is 19.4 Å². The molecule has 2 heterocycles. The number of rotatable bonds is 2. The fraction of sp³-hybridized carbons (Fsp3) is 0.556. The molecular weight excluding hydrogens is 264 g/mol. The second-order valence-corrected chi connectivity index (χ2v) is 4.40. The van der Waals surface area contributed by atoms with Gasteiger partial charge in [0.25, 0.3) is 0 Å². The van der Waals surface area contributed by atoms with Crippen LogP contribution in [0.4, 0.5) is 10.5 Å². The highest BCUT2D eigenvalue weighted by Gasteiger charge is 2.29. The van der Waals surface area contributed by atoms with Crippen LogP contribution in [-0.4, -0.2) is 43.9 Å². The summed E-state index contributed by atoms with van der Waals surface area (Å²) in [5.41, 5.74) is -0.260. The largest absolute Gasteiger partial charge is 0.465 e.